The van der Waals surface area contributed by atoms with E-state index in [4.69, 9.17) is 0 Å². The molecule has 0 aliphatic carbocycles. The Morgan fingerprint density at radius 1 is 1.09 bits per heavy atom. The number of Topliss-reactive ketones (excluding diaryl/α,β-unsaturated/α-hetero) is 1. The molecule has 0 spiro atoms. The number of benzene rings is 2. The second-order valence-corrected chi connectivity index (χ2v) is 6.17. The average molecular weight is 353 g/mol. The normalized spacial score (nSPS) is 13.8. The number of rotatable bonds is 2. The smallest absolute Gasteiger partial charge is 0.214 e. The van der Waals surface area contributed by atoms with E-state index >= 15 is 0 Å². The van der Waals surface area contributed by atoms with E-state index in [1.807, 2.05) is 42.5 Å². The van der Waals surface area contributed by atoms with Crippen LogP contribution in [0.25, 0.3) is 10.9 Å². The Kier molecular flexibility index (Phi) is 3.19. The SMILES string of the molecule is O=C(C1=NCCc2c1[nH]c1ccccc21)c1ccccc1Br. The number of fused-ring (bicyclic) bond motifs is 3. The van der Waals surface area contributed by atoms with Crippen LogP contribution in [0, 0.1) is 0 Å². The van der Waals surface area contributed by atoms with Crippen LogP contribution in [-0.2, 0) is 6.42 Å². The molecule has 108 valence electrons. The van der Waals surface area contributed by atoms with Gasteiger partial charge in [0.05, 0.1) is 5.69 Å². The fourth-order valence-corrected chi connectivity index (χ4v) is 3.44. The molecule has 1 N–H and O–H groups in total. The highest BCUT2D eigenvalue weighted by atomic mass is 79.9. The molecule has 22 heavy (non-hydrogen) atoms. The maximum Gasteiger partial charge on any atom is 0.214 e. The Bertz CT molecular complexity index is 924. The van der Waals surface area contributed by atoms with Gasteiger partial charge in [-0.1, -0.05) is 46.3 Å². The van der Waals surface area contributed by atoms with Crippen molar-refractivity contribution in [1.29, 1.82) is 0 Å². The Morgan fingerprint density at radius 2 is 1.86 bits per heavy atom. The molecule has 1 aromatic heterocycles. The standard InChI is InChI=1S/C18H13BrN2O/c19-14-7-3-1-6-13(14)18(22)17-16-12(9-10-20-17)11-5-2-4-8-15(11)21-16/h1-8,21H,9-10H2. The van der Waals surface area contributed by atoms with Crippen molar-refractivity contribution < 1.29 is 4.79 Å². The lowest BCUT2D eigenvalue weighted by molar-refractivity contribution is 0.106. The van der Waals surface area contributed by atoms with Crippen molar-refractivity contribution in [3.8, 4) is 0 Å². The third kappa shape index (κ3) is 2.03. The number of H-pyrrole nitrogens is 1. The average Bonchev–Trinajstić information content (AvgIpc) is 2.93. The zero-order valence-corrected chi connectivity index (χ0v) is 13.4. The van der Waals surface area contributed by atoms with E-state index in [0.29, 0.717) is 17.8 Å². The van der Waals surface area contributed by atoms with Gasteiger partial charge in [0, 0.05) is 27.5 Å². The molecule has 2 aromatic carbocycles. The van der Waals surface area contributed by atoms with E-state index in [9.17, 15) is 4.79 Å². The van der Waals surface area contributed by atoms with Crippen molar-refractivity contribution in [3.63, 3.8) is 0 Å². The van der Waals surface area contributed by atoms with Gasteiger partial charge in [-0.2, -0.15) is 0 Å². The van der Waals surface area contributed by atoms with Crippen LogP contribution in [0.5, 0.6) is 0 Å². The first-order valence-electron chi connectivity index (χ1n) is 7.19. The maximum atomic E-state index is 12.9. The first kappa shape index (κ1) is 13.5. The number of aromatic nitrogens is 1. The first-order valence-corrected chi connectivity index (χ1v) is 7.98. The molecule has 2 heterocycles. The number of halogens is 1. The Balaban J connectivity index is 1.87. The van der Waals surface area contributed by atoms with E-state index < -0.39 is 0 Å². The second kappa shape index (κ2) is 5.21. The van der Waals surface area contributed by atoms with Crippen LogP contribution >= 0.6 is 15.9 Å². The Hall–Kier alpha value is -2.20. The summed E-state index contributed by atoms with van der Waals surface area (Å²) in [6, 6.07) is 15.6. The molecule has 1 aliphatic heterocycles. The highest BCUT2D eigenvalue weighted by Crippen LogP contribution is 2.28. The highest BCUT2D eigenvalue weighted by Gasteiger charge is 2.26. The van der Waals surface area contributed by atoms with Gasteiger partial charge in [-0.05, 0) is 30.2 Å². The number of para-hydroxylation sites is 1. The van der Waals surface area contributed by atoms with Gasteiger partial charge < -0.3 is 4.98 Å². The predicted octanol–water partition coefficient (Wildman–Crippen LogP) is 4.16. The summed E-state index contributed by atoms with van der Waals surface area (Å²) in [5.41, 5.74) is 4.30. The molecule has 4 rings (SSSR count). The molecule has 0 amide bonds. The first-order chi connectivity index (χ1) is 10.8. The number of aromatic amines is 1. The summed E-state index contributed by atoms with van der Waals surface area (Å²) in [6.07, 6.45) is 0.867. The lowest BCUT2D eigenvalue weighted by Gasteiger charge is -2.13. The van der Waals surface area contributed by atoms with Crippen molar-refractivity contribution in [1.82, 2.24) is 4.98 Å². The molecular weight excluding hydrogens is 340 g/mol. The summed E-state index contributed by atoms with van der Waals surface area (Å²) in [4.78, 5) is 20.7. The molecular formula is C18H13BrN2O. The fraction of sp³-hybridized carbons (Fsp3) is 0.111. The number of ketones is 1. The van der Waals surface area contributed by atoms with Crippen molar-refractivity contribution in [2.45, 2.75) is 6.42 Å². The molecule has 4 heteroatoms. The zero-order valence-electron chi connectivity index (χ0n) is 11.8. The number of carbonyl (C=O) groups excluding carboxylic acids is 1. The molecule has 0 radical (unpaired) electrons. The van der Waals surface area contributed by atoms with E-state index in [2.05, 4.69) is 32.0 Å². The molecule has 3 aromatic rings. The summed E-state index contributed by atoms with van der Waals surface area (Å²) >= 11 is 3.45. The quantitative estimate of drug-likeness (QED) is 0.691. The summed E-state index contributed by atoms with van der Waals surface area (Å²) in [7, 11) is 0. The fourth-order valence-electron chi connectivity index (χ4n) is 2.98. The molecule has 3 nitrogen and oxygen atoms in total. The van der Waals surface area contributed by atoms with Crippen LogP contribution < -0.4 is 0 Å². The van der Waals surface area contributed by atoms with Gasteiger partial charge in [0.15, 0.2) is 0 Å². The number of aliphatic imine (C=N–C) groups is 1. The predicted molar refractivity (Wildman–Crippen MR) is 91.9 cm³/mol. The van der Waals surface area contributed by atoms with Crippen LogP contribution in [0.1, 0.15) is 21.6 Å². The van der Waals surface area contributed by atoms with Gasteiger partial charge in [-0.3, -0.25) is 9.79 Å². The van der Waals surface area contributed by atoms with Gasteiger partial charge in [0.25, 0.3) is 0 Å². The topological polar surface area (TPSA) is 45.2 Å². The van der Waals surface area contributed by atoms with E-state index in [1.165, 1.54) is 10.9 Å². The minimum Gasteiger partial charge on any atom is -0.353 e. The second-order valence-electron chi connectivity index (χ2n) is 5.31. The molecule has 0 bridgehead atoms. The number of nitrogens with zero attached hydrogens (tertiary/aromatic N) is 1. The summed E-state index contributed by atoms with van der Waals surface area (Å²) in [5.74, 6) is -0.0417. The lowest BCUT2D eigenvalue weighted by Crippen LogP contribution is -2.22. The van der Waals surface area contributed by atoms with Crippen molar-refractivity contribution in [2.24, 2.45) is 4.99 Å². The van der Waals surface area contributed by atoms with Crippen LogP contribution in [0.15, 0.2) is 58.0 Å². The molecule has 0 fully saturated rings. The summed E-state index contributed by atoms with van der Waals surface area (Å²) < 4.78 is 0.797. The van der Waals surface area contributed by atoms with Crippen LogP contribution in [0.3, 0.4) is 0 Å². The third-order valence-corrected chi connectivity index (χ3v) is 4.71. The number of hydrogen-bond acceptors (Lipinski definition) is 2. The van der Waals surface area contributed by atoms with Gasteiger partial charge in [0.1, 0.15) is 5.71 Å². The lowest BCUT2D eigenvalue weighted by atomic mass is 9.97. The van der Waals surface area contributed by atoms with Crippen LogP contribution in [0.4, 0.5) is 0 Å². The monoisotopic (exact) mass is 352 g/mol. The minimum atomic E-state index is -0.0417. The molecule has 0 saturated carbocycles. The largest absolute Gasteiger partial charge is 0.353 e. The molecule has 0 atom stereocenters. The Labute approximate surface area is 136 Å². The van der Waals surface area contributed by atoms with Crippen molar-refractivity contribution >= 4 is 38.3 Å². The maximum absolute atomic E-state index is 12.9. The third-order valence-electron chi connectivity index (χ3n) is 4.02. The van der Waals surface area contributed by atoms with Gasteiger partial charge in [-0.25, -0.2) is 0 Å². The number of nitrogens with one attached hydrogen (secondary N) is 1. The van der Waals surface area contributed by atoms with Crippen molar-refractivity contribution in [3.05, 3.63) is 69.8 Å². The minimum absolute atomic E-state index is 0.0417. The molecule has 1 aliphatic rings. The number of hydrogen-bond donors (Lipinski definition) is 1. The van der Waals surface area contributed by atoms with E-state index in [0.717, 1.165) is 22.1 Å². The highest BCUT2D eigenvalue weighted by molar-refractivity contribution is 9.10. The van der Waals surface area contributed by atoms with Gasteiger partial charge in [-0.15, -0.1) is 0 Å². The van der Waals surface area contributed by atoms with E-state index in [1.54, 1.807) is 0 Å². The zero-order chi connectivity index (χ0) is 15.1. The summed E-state index contributed by atoms with van der Waals surface area (Å²) in [5, 5.41) is 1.19. The van der Waals surface area contributed by atoms with Crippen molar-refractivity contribution in [2.75, 3.05) is 6.54 Å². The Morgan fingerprint density at radius 3 is 2.73 bits per heavy atom. The van der Waals surface area contributed by atoms with Gasteiger partial charge in [0.2, 0.25) is 5.78 Å². The molecule has 0 saturated heterocycles. The number of carbonyl (C=O) groups is 1. The van der Waals surface area contributed by atoms with Crippen LogP contribution in [-0.4, -0.2) is 23.0 Å². The van der Waals surface area contributed by atoms with Gasteiger partial charge >= 0.3 is 0 Å². The van der Waals surface area contributed by atoms with Crippen LogP contribution in [0.2, 0.25) is 0 Å². The van der Waals surface area contributed by atoms with E-state index in [-0.39, 0.29) is 5.78 Å². The summed E-state index contributed by atoms with van der Waals surface area (Å²) in [6.45, 7) is 0.653. The molecule has 0 unspecified atom stereocenters.